The van der Waals surface area contributed by atoms with Crippen LogP contribution in [-0.2, 0) is 4.79 Å². The quantitative estimate of drug-likeness (QED) is 0.707. The molecular weight excluding hydrogens is 174 g/mol. The summed E-state index contributed by atoms with van der Waals surface area (Å²) >= 11 is 1.67. The predicted molar refractivity (Wildman–Crippen MR) is 52.7 cm³/mol. The molecule has 0 unspecified atom stereocenters. The second kappa shape index (κ2) is 4.72. The fraction of sp³-hybridized carbons (Fsp3) is 0.875. The zero-order valence-corrected chi connectivity index (χ0v) is 8.94. The number of hydrogen-bond acceptors (Lipinski definition) is 3. The van der Waals surface area contributed by atoms with Crippen molar-refractivity contribution in [2.75, 3.05) is 26.1 Å². The third kappa shape index (κ3) is 2.68. The van der Waals surface area contributed by atoms with Crippen LogP contribution in [-0.4, -0.2) is 47.6 Å². The van der Waals surface area contributed by atoms with E-state index in [-0.39, 0.29) is 0 Å². The van der Waals surface area contributed by atoms with Crippen LogP contribution in [0.1, 0.15) is 13.3 Å². The second-order valence-electron chi connectivity index (χ2n) is 3.22. The van der Waals surface area contributed by atoms with Crippen molar-refractivity contribution in [1.82, 2.24) is 4.90 Å². The number of carboxylic acid groups (broad SMARTS) is 1. The van der Waals surface area contributed by atoms with E-state index in [1.54, 1.807) is 37.7 Å². The molecule has 0 spiro atoms. The second-order valence-corrected chi connectivity index (χ2v) is 4.20. The highest BCUT2D eigenvalue weighted by Gasteiger charge is 2.34. The summed E-state index contributed by atoms with van der Waals surface area (Å²) in [5, 5.41) is 8.98. The van der Waals surface area contributed by atoms with Gasteiger partial charge in [0.2, 0.25) is 0 Å². The molecule has 0 rings (SSSR count). The van der Waals surface area contributed by atoms with Gasteiger partial charge in [0.05, 0.1) is 0 Å². The molecule has 0 aliphatic heterocycles. The van der Waals surface area contributed by atoms with E-state index in [0.717, 1.165) is 5.75 Å². The van der Waals surface area contributed by atoms with Gasteiger partial charge in [-0.1, -0.05) is 0 Å². The van der Waals surface area contributed by atoms with Crippen LogP contribution in [0.15, 0.2) is 0 Å². The van der Waals surface area contributed by atoms with Crippen LogP contribution in [0.5, 0.6) is 0 Å². The maximum Gasteiger partial charge on any atom is 0.323 e. The van der Waals surface area contributed by atoms with Gasteiger partial charge in [-0.25, -0.2) is 0 Å². The molecule has 0 aliphatic carbocycles. The van der Waals surface area contributed by atoms with Crippen molar-refractivity contribution >= 4 is 17.7 Å². The molecule has 3 nitrogen and oxygen atoms in total. The van der Waals surface area contributed by atoms with Crippen LogP contribution in [0.3, 0.4) is 0 Å². The lowest BCUT2D eigenvalue weighted by Crippen LogP contribution is -2.48. The fourth-order valence-corrected chi connectivity index (χ4v) is 1.42. The SMILES string of the molecule is CSCC[C@@](C)(C(=O)O)N(C)C. The first-order valence-corrected chi connectivity index (χ1v) is 5.24. The van der Waals surface area contributed by atoms with Gasteiger partial charge in [0.15, 0.2) is 0 Å². The minimum absolute atomic E-state index is 0.677. The van der Waals surface area contributed by atoms with Crippen LogP contribution in [0.4, 0.5) is 0 Å². The average molecular weight is 191 g/mol. The standard InChI is InChI=1S/C8H17NO2S/c1-8(7(10)11,9(2)3)5-6-12-4/h5-6H2,1-4H3,(H,10,11)/t8-/m0/s1. The van der Waals surface area contributed by atoms with Crippen molar-refractivity contribution in [3.63, 3.8) is 0 Å². The first kappa shape index (κ1) is 11.8. The van der Waals surface area contributed by atoms with Crippen LogP contribution < -0.4 is 0 Å². The molecule has 0 aromatic heterocycles. The van der Waals surface area contributed by atoms with Gasteiger partial charge in [0.1, 0.15) is 5.54 Å². The first-order valence-electron chi connectivity index (χ1n) is 3.85. The van der Waals surface area contributed by atoms with E-state index in [9.17, 15) is 4.79 Å². The van der Waals surface area contributed by atoms with Gasteiger partial charge in [0.25, 0.3) is 0 Å². The monoisotopic (exact) mass is 191 g/mol. The van der Waals surface area contributed by atoms with Crippen molar-refractivity contribution in [2.24, 2.45) is 0 Å². The average Bonchev–Trinajstić information content (AvgIpc) is 1.99. The molecule has 1 N–H and O–H groups in total. The van der Waals surface area contributed by atoms with Gasteiger partial charge in [-0.2, -0.15) is 11.8 Å². The largest absolute Gasteiger partial charge is 0.480 e. The maximum atomic E-state index is 10.9. The summed E-state index contributed by atoms with van der Waals surface area (Å²) in [6, 6.07) is 0. The number of nitrogens with zero attached hydrogens (tertiary/aromatic N) is 1. The summed E-state index contributed by atoms with van der Waals surface area (Å²) in [5.74, 6) is 0.127. The van der Waals surface area contributed by atoms with E-state index in [1.165, 1.54) is 0 Å². The molecule has 0 saturated heterocycles. The van der Waals surface area contributed by atoms with Crippen LogP contribution >= 0.6 is 11.8 Å². The number of aliphatic carboxylic acids is 1. The van der Waals surface area contributed by atoms with E-state index < -0.39 is 11.5 Å². The molecule has 72 valence electrons. The van der Waals surface area contributed by atoms with E-state index in [1.807, 2.05) is 6.26 Å². The molecular formula is C8H17NO2S. The highest BCUT2D eigenvalue weighted by molar-refractivity contribution is 7.98. The van der Waals surface area contributed by atoms with Crippen molar-refractivity contribution in [2.45, 2.75) is 18.9 Å². The third-order valence-electron chi connectivity index (χ3n) is 2.24. The number of thioether (sulfide) groups is 1. The Hall–Kier alpha value is -0.220. The summed E-state index contributed by atoms with van der Waals surface area (Å²) in [6.07, 6.45) is 2.66. The zero-order valence-electron chi connectivity index (χ0n) is 8.13. The van der Waals surface area contributed by atoms with Gasteiger partial charge in [-0.05, 0) is 39.4 Å². The van der Waals surface area contributed by atoms with E-state index in [0.29, 0.717) is 6.42 Å². The molecule has 0 aromatic carbocycles. The van der Waals surface area contributed by atoms with Crippen molar-refractivity contribution < 1.29 is 9.90 Å². The summed E-state index contributed by atoms with van der Waals surface area (Å²) in [7, 11) is 3.60. The molecule has 1 atom stereocenters. The normalized spacial score (nSPS) is 16.1. The van der Waals surface area contributed by atoms with E-state index >= 15 is 0 Å². The number of carboxylic acids is 1. The van der Waals surface area contributed by atoms with Gasteiger partial charge >= 0.3 is 5.97 Å². The van der Waals surface area contributed by atoms with Gasteiger partial charge < -0.3 is 5.11 Å². The minimum atomic E-state index is -0.749. The number of rotatable bonds is 5. The molecule has 0 fully saturated rings. The van der Waals surface area contributed by atoms with Crippen molar-refractivity contribution in [3.05, 3.63) is 0 Å². The lowest BCUT2D eigenvalue weighted by atomic mass is 9.98. The first-order chi connectivity index (χ1) is 5.45. The summed E-state index contributed by atoms with van der Waals surface area (Å²) in [4.78, 5) is 12.7. The third-order valence-corrected chi connectivity index (χ3v) is 2.85. The molecule has 12 heavy (non-hydrogen) atoms. The summed E-state index contributed by atoms with van der Waals surface area (Å²) in [5.41, 5.74) is -0.719. The summed E-state index contributed by atoms with van der Waals surface area (Å²) in [6.45, 7) is 1.76. The molecule has 0 radical (unpaired) electrons. The smallest absolute Gasteiger partial charge is 0.323 e. The molecule has 0 heterocycles. The number of likely N-dealkylation sites (N-methyl/N-ethyl adjacent to an activating group) is 1. The Morgan fingerprint density at radius 1 is 1.58 bits per heavy atom. The molecule has 0 saturated carbocycles. The Kier molecular flexibility index (Phi) is 4.63. The highest BCUT2D eigenvalue weighted by atomic mass is 32.2. The van der Waals surface area contributed by atoms with Crippen molar-refractivity contribution in [1.29, 1.82) is 0 Å². The fourth-order valence-electron chi connectivity index (χ4n) is 0.823. The Labute approximate surface area is 78.1 Å². The van der Waals surface area contributed by atoms with Gasteiger partial charge in [0, 0.05) is 0 Å². The molecule has 0 bridgehead atoms. The Bertz CT molecular complexity index is 161. The molecule has 0 aromatic rings. The predicted octanol–water partition coefficient (Wildman–Crippen LogP) is 1.14. The lowest BCUT2D eigenvalue weighted by Gasteiger charge is -2.31. The Morgan fingerprint density at radius 2 is 2.08 bits per heavy atom. The van der Waals surface area contributed by atoms with Gasteiger partial charge in [-0.3, -0.25) is 9.69 Å². The molecule has 0 amide bonds. The Morgan fingerprint density at radius 3 is 2.33 bits per heavy atom. The highest BCUT2D eigenvalue weighted by Crippen LogP contribution is 2.18. The summed E-state index contributed by atoms with van der Waals surface area (Å²) < 4.78 is 0. The molecule has 4 heteroatoms. The van der Waals surface area contributed by atoms with E-state index in [2.05, 4.69) is 0 Å². The van der Waals surface area contributed by atoms with Crippen LogP contribution in [0, 0.1) is 0 Å². The minimum Gasteiger partial charge on any atom is -0.480 e. The van der Waals surface area contributed by atoms with Crippen molar-refractivity contribution in [3.8, 4) is 0 Å². The topological polar surface area (TPSA) is 40.5 Å². The van der Waals surface area contributed by atoms with Gasteiger partial charge in [-0.15, -0.1) is 0 Å². The van der Waals surface area contributed by atoms with Crippen LogP contribution in [0.2, 0.25) is 0 Å². The van der Waals surface area contributed by atoms with Crippen LogP contribution in [0.25, 0.3) is 0 Å². The lowest BCUT2D eigenvalue weighted by molar-refractivity contribution is -0.148. The zero-order chi connectivity index (χ0) is 9.78. The molecule has 0 aliphatic rings. The number of carbonyl (C=O) groups is 1. The maximum absolute atomic E-state index is 10.9. The van der Waals surface area contributed by atoms with E-state index in [4.69, 9.17) is 5.11 Å². The Balaban J connectivity index is 4.29. The number of hydrogen-bond donors (Lipinski definition) is 1.